The van der Waals surface area contributed by atoms with Crippen LogP contribution in [-0.2, 0) is 0 Å². The highest BCUT2D eigenvalue weighted by molar-refractivity contribution is 7.17. The minimum absolute atomic E-state index is 0.131. The largest absolute Gasteiger partial charge is 0.355 e. The monoisotopic (exact) mass is 460 g/mol. The normalized spacial score (nSPS) is 15.2. The van der Waals surface area contributed by atoms with Crippen LogP contribution in [0.15, 0.2) is 58.7 Å². The highest BCUT2D eigenvalue weighted by Gasteiger charge is 2.22. The molecule has 0 amide bonds. The number of thiophene rings is 1. The predicted octanol–water partition coefficient (Wildman–Crippen LogP) is 6.01. The summed E-state index contributed by atoms with van der Waals surface area (Å²) in [5, 5.41) is 10.2. The number of hydrogen-bond donors (Lipinski definition) is 0. The first-order chi connectivity index (χ1) is 15.6. The Morgan fingerprint density at radius 3 is 2.50 bits per heavy atom. The lowest BCUT2D eigenvalue weighted by Gasteiger charge is -2.31. The van der Waals surface area contributed by atoms with Crippen molar-refractivity contribution in [1.82, 2.24) is 14.6 Å². The van der Waals surface area contributed by atoms with E-state index in [1.165, 1.54) is 15.9 Å². The van der Waals surface area contributed by atoms with E-state index in [0.717, 1.165) is 64.4 Å². The van der Waals surface area contributed by atoms with Gasteiger partial charge in [-0.15, -0.1) is 16.4 Å². The molecule has 6 rings (SSSR count). The van der Waals surface area contributed by atoms with Gasteiger partial charge in [-0.1, -0.05) is 54.9 Å². The summed E-state index contributed by atoms with van der Waals surface area (Å²) in [5.74, 6) is 1.58. The lowest BCUT2D eigenvalue weighted by molar-refractivity contribution is 0.436. The zero-order chi connectivity index (χ0) is 21.8. The maximum atomic E-state index is 13.8. The Kier molecular flexibility index (Phi) is 4.66. The number of aromatic nitrogens is 3. The van der Waals surface area contributed by atoms with Gasteiger partial charge in [0.1, 0.15) is 4.83 Å². The van der Waals surface area contributed by atoms with Crippen molar-refractivity contribution < 1.29 is 0 Å². The second-order valence-electron chi connectivity index (χ2n) is 8.53. The van der Waals surface area contributed by atoms with Crippen LogP contribution in [0.25, 0.3) is 37.8 Å². The van der Waals surface area contributed by atoms with Crippen molar-refractivity contribution in [2.24, 2.45) is 5.92 Å². The summed E-state index contributed by atoms with van der Waals surface area (Å²) in [7, 11) is 0. The second kappa shape index (κ2) is 7.57. The van der Waals surface area contributed by atoms with Gasteiger partial charge in [0.2, 0.25) is 0 Å². The molecule has 0 aliphatic carbocycles. The molecule has 1 aliphatic heterocycles. The SMILES string of the molecule is CC1CCN(c2nn3c(=O)c4c(-c5ccc(Cl)cc5)csc4nc3c3ccccc23)CC1. The first kappa shape index (κ1) is 19.7. The van der Waals surface area contributed by atoms with Gasteiger partial charge in [0.05, 0.1) is 5.39 Å². The van der Waals surface area contributed by atoms with E-state index >= 15 is 0 Å². The van der Waals surface area contributed by atoms with Crippen molar-refractivity contribution in [3.63, 3.8) is 0 Å². The van der Waals surface area contributed by atoms with E-state index in [1.807, 2.05) is 47.8 Å². The van der Waals surface area contributed by atoms with Crippen molar-refractivity contribution in [2.75, 3.05) is 18.0 Å². The Labute approximate surface area is 193 Å². The Morgan fingerprint density at radius 1 is 1.03 bits per heavy atom. The van der Waals surface area contributed by atoms with E-state index in [-0.39, 0.29) is 5.56 Å². The third kappa shape index (κ3) is 3.09. The van der Waals surface area contributed by atoms with Gasteiger partial charge in [-0.25, -0.2) is 4.98 Å². The minimum atomic E-state index is -0.131. The average molecular weight is 461 g/mol. The summed E-state index contributed by atoms with van der Waals surface area (Å²) in [5.41, 5.74) is 2.30. The summed E-state index contributed by atoms with van der Waals surface area (Å²) in [6, 6.07) is 15.7. The number of hydrogen-bond acceptors (Lipinski definition) is 5. The third-order valence-electron chi connectivity index (χ3n) is 6.43. The minimum Gasteiger partial charge on any atom is -0.355 e. The molecule has 7 heteroatoms. The zero-order valence-corrected chi connectivity index (χ0v) is 19.2. The highest BCUT2D eigenvalue weighted by Crippen LogP contribution is 2.34. The summed E-state index contributed by atoms with van der Waals surface area (Å²) in [4.78, 5) is 21.7. The van der Waals surface area contributed by atoms with E-state index in [9.17, 15) is 4.79 Å². The van der Waals surface area contributed by atoms with Gasteiger partial charge in [0.25, 0.3) is 5.56 Å². The Bertz CT molecular complexity index is 1530. The molecule has 0 saturated carbocycles. The molecule has 1 fully saturated rings. The molecule has 3 aromatic heterocycles. The van der Waals surface area contributed by atoms with E-state index in [2.05, 4.69) is 17.9 Å². The number of piperidine rings is 1. The van der Waals surface area contributed by atoms with E-state index in [4.69, 9.17) is 21.7 Å². The fraction of sp³-hybridized carbons (Fsp3) is 0.240. The van der Waals surface area contributed by atoms with E-state index in [1.54, 1.807) is 0 Å². The lowest BCUT2D eigenvalue weighted by Crippen LogP contribution is -2.34. The van der Waals surface area contributed by atoms with Crippen molar-refractivity contribution in [3.05, 3.63) is 69.3 Å². The van der Waals surface area contributed by atoms with Gasteiger partial charge < -0.3 is 4.90 Å². The Morgan fingerprint density at radius 2 is 1.75 bits per heavy atom. The van der Waals surface area contributed by atoms with Crippen LogP contribution in [0, 0.1) is 5.92 Å². The molecule has 5 nitrogen and oxygen atoms in total. The van der Waals surface area contributed by atoms with Gasteiger partial charge in [0.15, 0.2) is 11.5 Å². The molecule has 32 heavy (non-hydrogen) atoms. The number of benzene rings is 2. The molecule has 4 heterocycles. The van der Waals surface area contributed by atoms with E-state index < -0.39 is 0 Å². The summed E-state index contributed by atoms with van der Waals surface area (Å²) in [6.07, 6.45) is 2.26. The smallest absolute Gasteiger partial charge is 0.283 e. The number of halogens is 1. The van der Waals surface area contributed by atoms with Crippen molar-refractivity contribution in [2.45, 2.75) is 19.8 Å². The van der Waals surface area contributed by atoms with Crippen LogP contribution >= 0.6 is 22.9 Å². The van der Waals surface area contributed by atoms with Crippen LogP contribution in [0.2, 0.25) is 5.02 Å². The fourth-order valence-electron chi connectivity index (χ4n) is 4.57. The topological polar surface area (TPSA) is 50.5 Å². The maximum Gasteiger partial charge on any atom is 0.283 e. The first-order valence-electron chi connectivity index (χ1n) is 10.8. The van der Waals surface area contributed by atoms with Crippen molar-refractivity contribution >= 4 is 55.4 Å². The molecular formula is C25H21ClN4OS. The van der Waals surface area contributed by atoms with Crippen molar-refractivity contribution in [1.29, 1.82) is 0 Å². The standard InChI is InChI=1S/C25H21ClN4OS/c1-15-10-12-29(13-11-15)23-19-5-3-2-4-18(19)22-27-24-21(25(31)30(22)28-23)20(14-32-24)16-6-8-17(26)9-7-16/h2-9,14-15H,10-13H2,1H3. The molecule has 0 unspecified atom stereocenters. The molecule has 5 aromatic rings. The highest BCUT2D eigenvalue weighted by atomic mass is 35.5. The van der Waals surface area contributed by atoms with Gasteiger partial charge in [-0.05, 0) is 36.5 Å². The molecule has 1 aliphatic rings. The Hall–Kier alpha value is -2.96. The van der Waals surface area contributed by atoms with Crippen molar-refractivity contribution in [3.8, 4) is 11.1 Å². The lowest BCUT2D eigenvalue weighted by atomic mass is 9.99. The van der Waals surface area contributed by atoms with Crippen LogP contribution in [0.3, 0.4) is 0 Å². The molecule has 0 radical (unpaired) electrons. The average Bonchev–Trinajstić information content (AvgIpc) is 3.24. The summed E-state index contributed by atoms with van der Waals surface area (Å²) < 4.78 is 1.50. The van der Waals surface area contributed by atoms with Crippen LogP contribution in [0.1, 0.15) is 19.8 Å². The molecule has 2 aromatic carbocycles. The molecule has 0 atom stereocenters. The second-order valence-corrected chi connectivity index (χ2v) is 9.82. The quantitative estimate of drug-likeness (QED) is 0.302. The van der Waals surface area contributed by atoms with Gasteiger partial charge >= 0.3 is 0 Å². The molecule has 0 N–H and O–H groups in total. The van der Waals surface area contributed by atoms with Crippen LogP contribution < -0.4 is 10.5 Å². The number of rotatable bonds is 2. The molecule has 1 saturated heterocycles. The van der Waals surface area contributed by atoms with Gasteiger partial charge in [-0.3, -0.25) is 4.79 Å². The van der Waals surface area contributed by atoms with Gasteiger partial charge in [-0.2, -0.15) is 4.52 Å². The predicted molar refractivity (Wildman–Crippen MR) is 133 cm³/mol. The van der Waals surface area contributed by atoms with Crippen LogP contribution in [0.5, 0.6) is 0 Å². The summed E-state index contributed by atoms with van der Waals surface area (Å²) in [6.45, 7) is 4.19. The molecular weight excluding hydrogens is 440 g/mol. The fourth-order valence-corrected chi connectivity index (χ4v) is 5.63. The number of fused-ring (bicyclic) bond motifs is 4. The maximum absolute atomic E-state index is 13.8. The summed E-state index contributed by atoms with van der Waals surface area (Å²) >= 11 is 7.55. The van der Waals surface area contributed by atoms with Crippen LogP contribution in [-0.4, -0.2) is 27.7 Å². The van der Waals surface area contributed by atoms with E-state index in [0.29, 0.717) is 16.1 Å². The third-order valence-corrected chi connectivity index (χ3v) is 7.55. The molecule has 0 spiro atoms. The number of nitrogens with zero attached hydrogens (tertiary/aromatic N) is 4. The molecule has 0 bridgehead atoms. The van der Waals surface area contributed by atoms with Crippen LogP contribution in [0.4, 0.5) is 5.82 Å². The first-order valence-corrected chi connectivity index (χ1v) is 12.1. The Balaban J connectivity index is 1.64. The number of anilines is 1. The zero-order valence-electron chi connectivity index (χ0n) is 17.6. The van der Waals surface area contributed by atoms with Gasteiger partial charge in [0, 0.05) is 39.8 Å². The molecule has 160 valence electrons.